The zero-order chi connectivity index (χ0) is 18.7. The number of hydrogen-bond donors (Lipinski definition) is 0. The van der Waals surface area contributed by atoms with Gasteiger partial charge in [-0.15, -0.1) is 0 Å². The molecule has 24 heavy (non-hydrogen) atoms. The van der Waals surface area contributed by atoms with E-state index in [9.17, 15) is 4.79 Å². The van der Waals surface area contributed by atoms with Gasteiger partial charge in [-0.25, -0.2) is 0 Å². The summed E-state index contributed by atoms with van der Waals surface area (Å²) in [5, 5.41) is 0.206. The zero-order valence-electron chi connectivity index (χ0n) is 17.7. The van der Waals surface area contributed by atoms with Crippen LogP contribution in [0.2, 0.25) is 18.1 Å². The molecule has 0 bridgehead atoms. The molecule has 140 valence electrons. The molecule has 0 heterocycles. The normalized spacial score (nSPS) is 40.3. The van der Waals surface area contributed by atoms with Gasteiger partial charge in [-0.3, -0.25) is 4.79 Å². The Morgan fingerprint density at radius 3 is 2.08 bits per heavy atom. The summed E-state index contributed by atoms with van der Waals surface area (Å²) in [5.74, 6) is 1.33. The van der Waals surface area contributed by atoms with Crippen LogP contribution in [0.4, 0.5) is 0 Å². The standard InChI is InChI=1S/C21H40O2Si/c1-14-11-21(8)16(18(22)15(14)2)12-20(6,7)13-17(21)23-24(9,10)19(3,4)5/h14-17H,11-13H2,1-10H3/t14-,15+,16+,17+,21+/m1/s1. The summed E-state index contributed by atoms with van der Waals surface area (Å²) in [5.41, 5.74) is 0.196. The van der Waals surface area contributed by atoms with Gasteiger partial charge in [0.1, 0.15) is 5.78 Å². The van der Waals surface area contributed by atoms with Gasteiger partial charge in [0.15, 0.2) is 8.32 Å². The molecule has 2 fully saturated rings. The monoisotopic (exact) mass is 352 g/mol. The molecule has 0 spiro atoms. The third-order valence-corrected chi connectivity index (χ3v) is 12.2. The van der Waals surface area contributed by atoms with Crippen molar-refractivity contribution in [2.24, 2.45) is 28.6 Å². The lowest BCUT2D eigenvalue weighted by molar-refractivity contribution is -0.158. The maximum absolute atomic E-state index is 13.1. The quantitative estimate of drug-likeness (QED) is 0.564. The first-order valence-corrected chi connectivity index (χ1v) is 12.7. The molecule has 2 saturated carbocycles. The second-order valence-corrected chi connectivity index (χ2v) is 16.1. The topological polar surface area (TPSA) is 26.3 Å². The molecule has 0 unspecified atom stereocenters. The zero-order valence-corrected chi connectivity index (χ0v) is 18.7. The van der Waals surface area contributed by atoms with Gasteiger partial charge in [0.25, 0.3) is 0 Å². The van der Waals surface area contributed by atoms with Crippen LogP contribution in [0.5, 0.6) is 0 Å². The maximum atomic E-state index is 13.1. The highest BCUT2D eigenvalue weighted by Gasteiger charge is 2.58. The number of carbonyl (C=O) groups excluding carboxylic acids is 1. The Bertz CT molecular complexity index is 502. The number of fused-ring (bicyclic) bond motifs is 1. The summed E-state index contributed by atoms with van der Waals surface area (Å²) in [7, 11) is -1.85. The molecule has 0 saturated heterocycles. The van der Waals surface area contributed by atoms with Crippen molar-refractivity contribution in [3.8, 4) is 0 Å². The molecule has 0 amide bonds. The average molecular weight is 353 g/mol. The fourth-order valence-electron chi connectivity index (χ4n) is 4.70. The second kappa shape index (κ2) is 5.94. The lowest BCUT2D eigenvalue weighted by Crippen LogP contribution is -2.60. The van der Waals surface area contributed by atoms with Gasteiger partial charge in [0.05, 0.1) is 6.10 Å². The van der Waals surface area contributed by atoms with E-state index in [-0.39, 0.29) is 33.8 Å². The Balaban J connectivity index is 2.40. The van der Waals surface area contributed by atoms with E-state index in [4.69, 9.17) is 4.43 Å². The Kier molecular flexibility index (Phi) is 4.99. The van der Waals surface area contributed by atoms with Crippen LogP contribution in [-0.4, -0.2) is 20.2 Å². The number of rotatable bonds is 2. The molecule has 3 heteroatoms. The highest BCUT2D eigenvalue weighted by Crippen LogP contribution is 2.58. The van der Waals surface area contributed by atoms with Crippen molar-refractivity contribution in [3.05, 3.63) is 0 Å². The second-order valence-electron chi connectivity index (χ2n) is 11.4. The Morgan fingerprint density at radius 1 is 1.04 bits per heavy atom. The molecule has 5 atom stereocenters. The molecular formula is C21H40O2Si. The molecular weight excluding hydrogens is 312 g/mol. The summed E-state index contributed by atoms with van der Waals surface area (Å²) in [6.45, 7) is 23.0. The fraction of sp³-hybridized carbons (Fsp3) is 0.952. The average Bonchev–Trinajstić information content (AvgIpc) is 2.37. The molecule has 0 aliphatic heterocycles. The summed E-state index contributed by atoms with van der Waals surface area (Å²) < 4.78 is 6.97. The highest BCUT2D eigenvalue weighted by molar-refractivity contribution is 6.74. The van der Waals surface area contributed by atoms with Crippen LogP contribution in [0.15, 0.2) is 0 Å². The van der Waals surface area contributed by atoms with Crippen molar-refractivity contribution in [2.45, 2.75) is 98.9 Å². The first-order chi connectivity index (χ1) is 10.6. The van der Waals surface area contributed by atoms with Crippen molar-refractivity contribution in [1.82, 2.24) is 0 Å². The minimum absolute atomic E-state index is 0.00799. The molecule has 2 nitrogen and oxygen atoms in total. The molecule has 0 aromatic heterocycles. The number of hydrogen-bond acceptors (Lipinski definition) is 2. The molecule has 2 aliphatic rings. The fourth-order valence-corrected chi connectivity index (χ4v) is 6.12. The largest absolute Gasteiger partial charge is 0.413 e. The lowest BCUT2D eigenvalue weighted by Gasteiger charge is -2.58. The van der Waals surface area contributed by atoms with E-state index in [1.165, 1.54) is 0 Å². The highest BCUT2D eigenvalue weighted by atomic mass is 28.4. The first-order valence-electron chi connectivity index (χ1n) is 9.82. The Labute approximate surface area is 151 Å². The van der Waals surface area contributed by atoms with Crippen molar-refractivity contribution in [2.75, 3.05) is 0 Å². The van der Waals surface area contributed by atoms with E-state index in [0.717, 1.165) is 19.3 Å². The van der Waals surface area contributed by atoms with Crippen molar-refractivity contribution >= 4 is 14.1 Å². The molecule has 2 aliphatic carbocycles. The van der Waals surface area contributed by atoms with E-state index in [1.54, 1.807) is 0 Å². The van der Waals surface area contributed by atoms with Crippen LogP contribution in [0.25, 0.3) is 0 Å². The van der Waals surface area contributed by atoms with Crippen LogP contribution in [-0.2, 0) is 9.22 Å². The maximum Gasteiger partial charge on any atom is 0.192 e. The number of carbonyl (C=O) groups is 1. The van der Waals surface area contributed by atoms with Crippen LogP contribution in [0.1, 0.15) is 74.7 Å². The molecule has 0 aromatic rings. The predicted molar refractivity (Wildman–Crippen MR) is 105 cm³/mol. The van der Waals surface area contributed by atoms with Gasteiger partial charge in [-0.2, -0.15) is 0 Å². The van der Waals surface area contributed by atoms with Gasteiger partial charge < -0.3 is 4.43 Å². The van der Waals surface area contributed by atoms with Crippen LogP contribution >= 0.6 is 0 Å². The molecule has 0 N–H and O–H groups in total. The van der Waals surface area contributed by atoms with E-state index < -0.39 is 8.32 Å². The minimum Gasteiger partial charge on any atom is -0.413 e. The van der Waals surface area contributed by atoms with E-state index in [2.05, 4.69) is 68.5 Å². The van der Waals surface area contributed by atoms with E-state index in [1.807, 2.05) is 0 Å². The van der Waals surface area contributed by atoms with Crippen molar-refractivity contribution in [3.63, 3.8) is 0 Å². The van der Waals surface area contributed by atoms with Crippen molar-refractivity contribution in [1.29, 1.82) is 0 Å². The summed E-state index contributed by atoms with van der Waals surface area (Å²) in [4.78, 5) is 13.1. The summed E-state index contributed by atoms with van der Waals surface area (Å²) in [6.07, 6.45) is 3.45. The molecule has 0 radical (unpaired) electrons. The third kappa shape index (κ3) is 3.40. The van der Waals surface area contributed by atoms with Crippen LogP contribution in [0, 0.1) is 28.6 Å². The van der Waals surface area contributed by atoms with E-state index in [0.29, 0.717) is 11.7 Å². The number of ketones is 1. The Morgan fingerprint density at radius 2 is 1.58 bits per heavy atom. The number of Topliss-reactive ketones (excluding diaryl/α,β-unsaturated/α-hetero) is 1. The predicted octanol–water partition coefficient (Wildman–Crippen LogP) is 6.06. The molecule has 0 aromatic carbocycles. The van der Waals surface area contributed by atoms with Gasteiger partial charge in [-0.1, -0.05) is 55.4 Å². The third-order valence-electron chi connectivity index (χ3n) is 7.68. The minimum atomic E-state index is -1.85. The molecule has 2 rings (SSSR count). The Hall–Kier alpha value is -0.153. The van der Waals surface area contributed by atoms with Gasteiger partial charge in [0.2, 0.25) is 0 Å². The van der Waals surface area contributed by atoms with Crippen LogP contribution in [0.3, 0.4) is 0 Å². The smallest absolute Gasteiger partial charge is 0.192 e. The summed E-state index contributed by atoms with van der Waals surface area (Å²) >= 11 is 0. The van der Waals surface area contributed by atoms with E-state index >= 15 is 0 Å². The van der Waals surface area contributed by atoms with Gasteiger partial charge in [-0.05, 0) is 48.7 Å². The SMILES string of the molecule is C[C@@H]1C[C@]2(C)[C@@H](O[Si](C)(C)C(C)(C)C)CC(C)(C)C[C@H]2C(=O)[C@H]1C. The lowest BCUT2D eigenvalue weighted by atomic mass is 9.50. The van der Waals surface area contributed by atoms with Gasteiger partial charge in [0, 0.05) is 17.3 Å². The summed E-state index contributed by atoms with van der Waals surface area (Å²) in [6, 6.07) is 0. The van der Waals surface area contributed by atoms with Gasteiger partial charge >= 0.3 is 0 Å². The van der Waals surface area contributed by atoms with Crippen LogP contribution < -0.4 is 0 Å². The van der Waals surface area contributed by atoms with Crippen molar-refractivity contribution < 1.29 is 9.22 Å². The first kappa shape index (κ1) is 20.2.